The summed E-state index contributed by atoms with van der Waals surface area (Å²) in [6.45, 7) is 1.83. The maximum Gasteiger partial charge on any atom is 0.431 e. The lowest BCUT2D eigenvalue weighted by atomic mass is 10.0. The lowest BCUT2D eigenvalue weighted by molar-refractivity contribution is -0.144. The van der Waals surface area contributed by atoms with E-state index < -0.39 is 29.0 Å². The second kappa shape index (κ2) is 6.66. The van der Waals surface area contributed by atoms with Crippen LogP contribution in [0.25, 0.3) is 15.8 Å². The minimum absolute atomic E-state index is 0.121. The summed E-state index contributed by atoms with van der Waals surface area (Å²) in [5, 5.41) is 9.87. The van der Waals surface area contributed by atoms with Crippen LogP contribution in [0.15, 0.2) is 33.9 Å². The number of aromatic nitrogens is 3. The van der Waals surface area contributed by atoms with Gasteiger partial charge in [0, 0.05) is 18.5 Å². The number of halogens is 3. The molecule has 0 amide bonds. The molecule has 0 fully saturated rings. The number of benzene rings is 1. The lowest BCUT2D eigenvalue weighted by Crippen LogP contribution is -2.40. The number of hydrogen-bond acceptors (Lipinski definition) is 5. The minimum Gasteiger partial charge on any atom is -0.292 e. The predicted molar refractivity (Wildman–Crippen MR) is 94.1 cm³/mol. The van der Waals surface area contributed by atoms with Crippen molar-refractivity contribution in [3.05, 3.63) is 56.5 Å². The number of alkyl halides is 3. The Morgan fingerprint density at radius 2 is 2.00 bits per heavy atom. The molecular formula is C17H13F3N4O2S. The van der Waals surface area contributed by atoms with Crippen molar-refractivity contribution in [3.8, 4) is 11.8 Å². The van der Waals surface area contributed by atoms with Crippen molar-refractivity contribution in [3.63, 3.8) is 0 Å². The van der Waals surface area contributed by atoms with E-state index in [9.17, 15) is 28.0 Å². The Morgan fingerprint density at radius 1 is 1.30 bits per heavy atom. The van der Waals surface area contributed by atoms with Crippen LogP contribution in [0.1, 0.15) is 30.7 Å². The topological polar surface area (TPSA) is 80.7 Å². The first-order chi connectivity index (χ1) is 12.7. The molecule has 2 heterocycles. The number of nitrogens with zero attached hydrogens (tertiary/aromatic N) is 4. The third-order valence-corrected chi connectivity index (χ3v) is 5.09. The van der Waals surface area contributed by atoms with Crippen LogP contribution >= 0.6 is 11.5 Å². The first-order valence-electron chi connectivity index (χ1n) is 7.88. The van der Waals surface area contributed by atoms with Gasteiger partial charge in [-0.1, -0.05) is 6.92 Å². The summed E-state index contributed by atoms with van der Waals surface area (Å²) in [6, 6.07) is 7.13. The number of fused-ring (bicyclic) bond motifs is 1. The third-order valence-electron chi connectivity index (χ3n) is 4.24. The van der Waals surface area contributed by atoms with Gasteiger partial charge >= 0.3 is 11.9 Å². The average Bonchev–Trinajstić information content (AvgIpc) is 3.02. The zero-order valence-electron chi connectivity index (χ0n) is 14.2. The van der Waals surface area contributed by atoms with Crippen LogP contribution in [0.5, 0.6) is 0 Å². The van der Waals surface area contributed by atoms with Gasteiger partial charge in [-0.2, -0.15) is 22.8 Å². The van der Waals surface area contributed by atoms with E-state index in [0.29, 0.717) is 32.7 Å². The van der Waals surface area contributed by atoms with Gasteiger partial charge in [0.05, 0.1) is 28.1 Å². The third kappa shape index (κ3) is 3.14. The molecule has 2 aromatic heterocycles. The van der Waals surface area contributed by atoms with Gasteiger partial charge < -0.3 is 0 Å². The number of nitriles is 1. The molecular weight excluding hydrogens is 381 g/mol. The van der Waals surface area contributed by atoms with Gasteiger partial charge in [-0.3, -0.25) is 9.36 Å². The molecule has 10 heteroatoms. The molecule has 0 aliphatic heterocycles. The van der Waals surface area contributed by atoms with Crippen molar-refractivity contribution < 1.29 is 13.2 Å². The predicted octanol–water partition coefficient (Wildman–Crippen LogP) is 3.18. The fourth-order valence-electron chi connectivity index (χ4n) is 2.82. The van der Waals surface area contributed by atoms with Gasteiger partial charge in [-0.15, -0.1) is 0 Å². The molecule has 3 rings (SSSR count). The van der Waals surface area contributed by atoms with E-state index in [1.54, 1.807) is 6.07 Å². The summed E-state index contributed by atoms with van der Waals surface area (Å²) < 4.78 is 45.0. The number of hydrogen-bond donors (Lipinski definition) is 0. The van der Waals surface area contributed by atoms with Crippen molar-refractivity contribution in [1.82, 2.24) is 13.5 Å². The first-order valence-corrected chi connectivity index (χ1v) is 8.66. The van der Waals surface area contributed by atoms with Gasteiger partial charge in [0.15, 0.2) is 0 Å². The molecule has 0 radical (unpaired) electrons. The molecule has 6 nitrogen and oxygen atoms in total. The Balaban J connectivity index is 2.27. The first kappa shape index (κ1) is 18.8. The summed E-state index contributed by atoms with van der Waals surface area (Å²) in [7, 11) is 0.958. The Bertz CT molecular complexity index is 1180. The van der Waals surface area contributed by atoms with E-state index >= 15 is 0 Å². The molecule has 1 atom stereocenters. The second-order valence-corrected chi connectivity index (χ2v) is 6.69. The quantitative estimate of drug-likeness (QED) is 0.683. The molecule has 0 bridgehead atoms. The van der Waals surface area contributed by atoms with E-state index in [2.05, 4.69) is 10.4 Å². The monoisotopic (exact) mass is 394 g/mol. The SMILES string of the molecule is CCC(C#N)c1nsc2ccc(-n3c(=O)cc(C(F)(F)F)n(C)c3=O)cc12. The highest BCUT2D eigenvalue weighted by molar-refractivity contribution is 7.13. The van der Waals surface area contributed by atoms with E-state index in [-0.39, 0.29) is 5.69 Å². The van der Waals surface area contributed by atoms with Crippen molar-refractivity contribution in [2.45, 2.75) is 25.4 Å². The van der Waals surface area contributed by atoms with Gasteiger partial charge in [-0.25, -0.2) is 9.36 Å². The standard InChI is InChI=1S/C17H13F3N4O2S/c1-3-9(8-21)15-11-6-10(4-5-12(11)27-22-15)24-14(25)7-13(17(18,19)20)23(2)16(24)26/h4-7,9H,3H2,1-2H3. The Labute approximate surface area is 154 Å². The highest BCUT2D eigenvalue weighted by atomic mass is 32.1. The average molecular weight is 394 g/mol. The summed E-state index contributed by atoms with van der Waals surface area (Å²) >= 11 is 1.17. The van der Waals surface area contributed by atoms with Gasteiger partial charge in [0.2, 0.25) is 0 Å². The summed E-state index contributed by atoms with van der Waals surface area (Å²) in [4.78, 5) is 24.7. The zero-order valence-corrected chi connectivity index (χ0v) is 15.1. The highest BCUT2D eigenvalue weighted by Gasteiger charge is 2.35. The fourth-order valence-corrected chi connectivity index (χ4v) is 3.63. The van der Waals surface area contributed by atoms with Crippen LogP contribution in [0.3, 0.4) is 0 Å². The maximum absolute atomic E-state index is 13.0. The van der Waals surface area contributed by atoms with Crippen LogP contribution in [0, 0.1) is 11.3 Å². The van der Waals surface area contributed by atoms with Crippen LogP contribution in [-0.4, -0.2) is 13.5 Å². The van der Waals surface area contributed by atoms with Crippen molar-refractivity contribution in [2.75, 3.05) is 0 Å². The lowest BCUT2D eigenvalue weighted by Gasteiger charge is -2.14. The Morgan fingerprint density at radius 3 is 2.59 bits per heavy atom. The molecule has 0 aliphatic rings. The summed E-state index contributed by atoms with van der Waals surface area (Å²) in [5.74, 6) is -0.457. The maximum atomic E-state index is 13.0. The summed E-state index contributed by atoms with van der Waals surface area (Å²) in [5.41, 5.74) is -2.86. The van der Waals surface area contributed by atoms with Crippen molar-refractivity contribution >= 4 is 21.6 Å². The molecule has 1 unspecified atom stereocenters. The fraction of sp³-hybridized carbons (Fsp3) is 0.294. The molecule has 0 aliphatic carbocycles. The summed E-state index contributed by atoms with van der Waals surface area (Å²) in [6.07, 6.45) is -4.29. The molecule has 140 valence electrons. The Kier molecular flexibility index (Phi) is 4.65. The number of rotatable bonds is 3. The smallest absolute Gasteiger partial charge is 0.292 e. The van der Waals surface area contributed by atoms with Crippen LogP contribution < -0.4 is 11.2 Å². The van der Waals surface area contributed by atoms with Gasteiger partial charge in [0.1, 0.15) is 5.69 Å². The van der Waals surface area contributed by atoms with Gasteiger partial charge in [0.25, 0.3) is 5.56 Å². The molecule has 0 saturated carbocycles. The highest BCUT2D eigenvalue weighted by Crippen LogP contribution is 2.31. The zero-order chi connectivity index (χ0) is 19.9. The molecule has 0 N–H and O–H groups in total. The largest absolute Gasteiger partial charge is 0.431 e. The van der Waals surface area contributed by atoms with E-state index in [1.807, 2.05) is 6.92 Å². The molecule has 0 spiro atoms. The van der Waals surface area contributed by atoms with E-state index in [1.165, 1.54) is 23.7 Å². The van der Waals surface area contributed by atoms with Crippen molar-refractivity contribution in [2.24, 2.45) is 7.05 Å². The van der Waals surface area contributed by atoms with Crippen molar-refractivity contribution in [1.29, 1.82) is 5.26 Å². The van der Waals surface area contributed by atoms with Gasteiger partial charge in [-0.05, 0) is 36.2 Å². The van der Waals surface area contributed by atoms with Crippen LogP contribution in [0.2, 0.25) is 0 Å². The van der Waals surface area contributed by atoms with Crippen LogP contribution in [-0.2, 0) is 13.2 Å². The second-order valence-electron chi connectivity index (χ2n) is 5.88. The normalized spacial score (nSPS) is 12.9. The minimum atomic E-state index is -4.82. The molecule has 0 saturated heterocycles. The Hall–Kier alpha value is -2.93. The van der Waals surface area contributed by atoms with Crippen LogP contribution in [0.4, 0.5) is 13.2 Å². The van der Waals surface area contributed by atoms with E-state index in [0.717, 1.165) is 11.7 Å². The van der Waals surface area contributed by atoms with E-state index in [4.69, 9.17) is 0 Å². The molecule has 1 aromatic carbocycles. The molecule has 3 aromatic rings. The molecule has 27 heavy (non-hydrogen) atoms.